The van der Waals surface area contributed by atoms with Crippen LogP contribution in [-0.2, 0) is 16.4 Å². The number of sulfonamides is 1. The minimum atomic E-state index is -3.88. The van der Waals surface area contributed by atoms with E-state index in [0.29, 0.717) is 12.2 Å². The molecule has 0 radical (unpaired) electrons. The van der Waals surface area contributed by atoms with Gasteiger partial charge in [-0.05, 0) is 56.2 Å². The number of amides is 1. The second kappa shape index (κ2) is 10.3. The zero-order valence-electron chi connectivity index (χ0n) is 19.8. The number of fused-ring (bicyclic) bond motifs is 1. The van der Waals surface area contributed by atoms with E-state index in [9.17, 15) is 13.2 Å². The molecule has 0 saturated carbocycles. The SMILES string of the molecule is COc1ccc(C(=O)N[C@@H](Cc2ccccc2)c2nc3ccccc3[nH]2)cc1S(=O)(=O)NC(C)C. The van der Waals surface area contributed by atoms with Gasteiger partial charge >= 0.3 is 0 Å². The molecule has 1 atom stereocenters. The molecule has 0 aliphatic carbocycles. The summed E-state index contributed by atoms with van der Waals surface area (Å²) in [7, 11) is -2.49. The highest BCUT2D eigenvalue weighted by Gasteiger charge is 2.24. The number of imidazole rings is 1. The number of rotatable bonds is 9. The van der Waals surface area contributed by atoms with Gasteiger partial charge in [-0.3, -0.25) is 4.79 Å². The van der Waals surface area contributed by atoms with E-state index in [2.05, 4.69) is 20.0 Å². The van der Waals surface area contributed by atoms with Gasteiger partial charge in [-0.25, -0.2) is 18.1 Å². The maximum absolute atomic E-state index is 13.3. The number of aromatic nitrogens is 2. The van der Waals surface area contributed by atoms with Crippen molar-refractivity contribution in [1.82, 2.24) is 20.0 Å². The number of H-pyrrole nitrogens is 1. The van der Waals surface area contributed by atoms with Crippen molar-refractivity contribution in [3.63, 3.8) is 0 Å². The lowest BCUT2D eigenvalue weighted by Gasteiger charge is -2.18. The first-order valence-electron chi connectivity index (χ1n) is 11.3. The summed E-state index contributed by atoms with van der Waals surface area (Å²) in [6.07, 6.45) is 0.503. The topological polar surface area (TPSA) is 113 Å². The number of ether oxygens (including phenoxy) is 1. The summed E-state index contributed by atoms with van der Waals surface area (Å²) in [6.45, 7) is 3.45. The number of nitrogens with zero attached hydrogens (tertiary/aromatic N) is 1. The van der Waals surface area contributed by atoms with Crippen LogP contribution in [0.3, 0.4) is 0 Å². The molecule has 0 spiro atoms. The second-order valence-corrected chi connectivity index (χ2v) is 10.2. The van der Waals surface area contributed by atoms with Crippen molar-refractivity contribution < 1.29 is 17.9 Å². The van der Waals surface area contributed by atoms with Crippen molar-refractivity contribution in [3.05, 3.63) is 89.7 Å². The first-order valence-corrected chi connectivity index (χ1v) is 12.7. The third-order valence-corrected chi connectivity index (χ3v) is 7.11. The van der Waals surface area contributed by atoms with Crippen molar-refractivity contribution in [2.75, 3.05) is 7.11 Å². The number of aromatic amines is 1. The van der Waals surface area contributed by atoms with E-state index >= 15 is 0 Å². The van der Waals surface area contributed by atoms with E-state index in [1.807, 2.05) is 54.6 Å². The largest absolute Gasteiger partial charge is 0.495 e. The Labute approximate surface area is 204 Å². The van der Waals surface area contributed by atoms with Crippen molar-refractivity contribution in [2.24, 2.45) is 0 Å². The molecular formula is C26H28N4O4S. The molecule has 0 saturated heterocycles. The van der Waals surface area contributed by atoms with Gasteiger partial charge in [0, 0.05) is 11.6 Å². The highest BCUT2D eigenvalue weighted by Crippen LogP contribution is 2.26. The number of nitrogens with one attached hydrogen (secondary N) is 3. The predicted molar refractivity (Wildman–Crippen MR) is 135 cm³/mol. The lowest BCUT2D eigenvalue weighted by molar-refractivity contribution is 0.0934. The van der Waals surface area contributed by atoms with Crippen molar-refractivity contribution in [1.29, 1.82) is 0 Å². The van der Waals surface area contributed by atoms with Gasteiger partial charge in [-0.2, -0.15) is 0 Å². The van der Waals surface area contributed by atoms with E-state index in [0.717, 1.165) is 16.6 Å². The van der Waals surface area contributed by atoms with Crippen LogP contribution in [0.15, 0.2) is 77.7 Å². The molecule has 9 heteroatoms. The van der Waals surface area contributed by atoms with E-state index in [4.69, 9.17) is 4.74 Å². The Balaban J connectivity index is 1.67. The van der Waals surface area contributed by atoms with Gasteiger partial charge < -0.3 is 15.0 Å². The Kier molecular flexibility index (Phi) is 7.18. The summed E-state index contributed by atoms with van der Waals surface area (Å²) in [5, 5.41) is 3.03. The van der Waals surface area contributed by atoms with Crippen LogP contribution in [0.1, 0.15) is 41.6 Å². The van der Waals surface area contributed by atoms with Gasteiger partial charge in [-0.1, -0.05) is 42.5 Å². The van der Waals surface area contributed by atoms with Crippen molar-refractivity contribution >= 4 is 27.0 Å². The molecule has 1 aromatic heterocycles. The van der Waals surface area contributed by atoms with E-state index in [1.54, 1.807) is 19.9 Å². The molecule has 1 amide bonds. The lowest BCUT2D eigenvalue weighted by atomic mass is 10.0. The molecule has 1 heterocycles. The zero-order chi connectivity index (χ0) is 25.0. The molecule has 0 aliphatic rings. The average molecular weight is 493 g/mol. The summed E-state index contributed by atoms with van der Waals surface area (Å²) in [4.78, 5) is 21.2. The molecule has 3 N–H and O–H groups in total. The number of para-hydroxylation sites is 2. The Bertz CT molecular complexity index is 1400. The van der Waals surface area contributed by atoms with Gasteiger partial charge in [-0.15, -0.1) is 0 Å². The molecule has 0 fully saturated rings. The molecule has 0 bridgehead atoms. The van der Waals surface area contributed by atoms with Gasteiger partial charge in [0.15, 0.2) is 0 Å². The van der Waals surface area contributed by atoms with Crippen LogP contribution in [0, 0.1) is 0 Å². The van der Waals surface area contributed by atoms with Crippen LogP contribution in [0.5, 0.6) is 5.75 Å². The van der Waals surface area contributed by atoms with Crippen LogP contribution in [0.25, 0.3) is 11.0 Å². The molecule has 4 aromatic rings. The zero-order valence-corrected chi connectivity index (χ0v) is 20.6. The number of hydrogen-bond donors (Lipinski definition) is 3. The van der Waals surface area contributed by atoms with E-state index in [1.165, 1.54) is 19.2 Å². The third kappa shape index (κ3) is 5.70. The van der Waals surface area contributed by atoms with E-state index in [-0.39, 0.29) is 22.3 Å². The molecule has 35 heavy (non-hydrogen) atoms. The number of carbonyl (C=O) groups excluding carboxylic acids is 1. The van der Waals surface area contributed by atoms with Crippen LogP contribution in [0.4, 0.5) is 0 Å². The van der Waals surface area contributed by atoms with E-state index < -0.39 is 22.0 Å². The molecule has 8 nitrogen and oxygen atoms in total. The summed E-state index contributed by atoms with van der Waals surface area (Å²) in [6, 6.07) is 21.0. The Hall–Kier alpha value is -3.69. The van der Waals surface area contributed by atoms with Crippen molar-refractivity contribution in [3.8, 4) is 5.75 Å². The average Bonchev–Trinajstić information content (AvgIpc) is 3.27. The Morgan fingerprint density at radius 2 is 1.74 bits per heavy atom. The number of carbonyl (C=O) groups is 1. The van der Waals surface area contributed by atoms with Crippen molar-refractivity contribution in [2.45, 2.75) is 37.2 Å². The number of methoxy groups -OCH3 is 1. The van der Waals surface area contributed by atoms with Gasteiger partial charge in [0.05, 0.1) is 24.2 Å². The summed E-state index contributed by atoms with van der Waals surface area (Å²) >= 11 is 0. The van der Waals surface area contributed by atoms with Gasteiger partial charge in [0.2, 0.25) is 10.0 Å². The fourth-order valence-corrected chi connectivity index (χ4v) is 5.29. The molecule has 182 valence electrons. The summed E-state index contributed by atoms with van der Waals surface area (Å²) in [5.74, 6) is 0.356. The molecule has 0 unspecified atom stereocenters. The lowest BCUT2D eigenvalue weighted by Crippen LogP contribution is -2.32. The number of benzene rings is 3. The summed E-state index contributed by atoms with van der Waals surface area (Å²) < 4.78 is 33.5. The fraction of sp³-hybridized carbons (Fsp3) is 0.231. The second-order valence-electron chi connectivity index (χ2n) is 8.50. The highest BCUT2D eigenvalue weighted by molar-refractivity contribution is 7.89. The van der Waals surface area contributed by atoms with Crippen LogP contribution < -0.4 is 14.8 Å². The monoisotopic (exact) mass is 492 g/mol. The Morgan fingerprint density at radius 1 is 1.03 bits per heavy atom. The molecule has 0 aliphatic heterocycles. The maximum atomic E-state index is 13.3. The van der Waals surface area contributed by atoms with Gasteiger partial charge in [0.25, 0.3) is 5.91 Å². The Morgan fingerprint density at radius 3 is 2.43 bits per heavy atom. The molecular weight excluding hydrogens is 464 g/mol. The third-order valence-electron chi connectivity index (χ3n) is 5.43. The molecule has 3 aromatic carbocycles. The first kappa shape index (κ1) is 24.4. The van der Waals surface area contributed by atoms with Gasteiger partial charge in [0.1, 0.15) is 16.5 Å². The first-order chi connectivity index (χ1) is 16.8. The molecule has 4 rings (SSSR count). The summed E-state index contributed by atoms with van der Waals surface area (Å²) in [5.41, 5.74) is 2.89. The minimum absolute atomic E-state index is 0.0929. The predicted octanol–water partition coefficient (Wildman–Crippen LogP) is 3.97. The number of hydrogen-bond acceptors (Lipinski definition) is 5. The quantitative estimate of drug-likeness (QED) is 0.327. The van der Waals surface area contributed by atoms with Crippen LogP contribution in [-0.4, -0.2) is 37.4 Å². The fourth-order valence-electron chi connectivity index (χ4n) is 3.85. The standard InChI is InChI=1S/C26H28N4O4S/c1-17(2)30-35(32,33)24-16-19(13-14-23(24)34-3)26(31)29-22(15-18-9-5-4-6-10-18)25-27-20-11-7-8-12-21(20)28-25/h4-14,16-17,22,30H,15H2,1-3H3,(H,27,28)(H,29,31)/t22-/m0/s1. The minimum Gasteiger partial charge on any atom is -0.495 e. The van der Waals surface area contributed by atoms with Crippen LogP contribution in [0.2, 0.25) is 0 Å². The highest BCUT2D eigenvalue weighted by atomic mass is 32.2. The normalized spacial score (nSPS) is 12.6. The maximum Gasteiger partial charge on any atom is 0.251 e. The van der Waals surface area contributed by atoms with Crippen LogP contribution >= 0.6 is 0 Å². The smallest absolute Gasteiger partial charge is 0.251 e.